The fraction of sp³-hybridized carbons (Fsp3) is 0.571. The fourth-order valence-electron chi connectivity index (χ4n) is 2.28. The Kier molecular flexibility index (Phi) is 4.13. The molecule has 1 fully saturated rings. The summed E-state index contributed by atoms with van der Waals surface area (Å²) in [4.78, 5) is 18.3. The maximum absolute atomic E-state index is 12.2. The molecule has 0 saturated carbocycles. The van der Waals surface area contributed by atoms with Crippen molar-refractivity contribution in [2.75, 3.05) is 6.54 Å². The third-order valence-electron chi connectivity index (χ3n) is 3.03. The van der Waals surface area contributed by atoms with Crippen molar-refractivity contribution in [1.29, 1.82) is 0 Å². The van der Waals surface area contributed by atoms with Gasteiger partial charge in [-0.3, -0.25) is 0 Å². The summed E-state index contributed by atoms with van der Waals surface area (Å²) >= 11 is 3.45. The van der Waals surface area contributed by atoms with Gasteiger partial charge in [-0.15, -0.1) is 0 Å². The molecule has 0 unspecified atom stereocenters. The molecule has 0 aromatic carbocycles. The van der Waals surface area contributed by atoms with Crippen LogP contribution in [0.1, 0.15) is 45.2 Å². The van der Waals surface area contributed by atoms with Gasteiger partial charge in [0.1, 0.15) is 10.2 Å². The highest BCUT2D eigenvalue weighted by atomic mass is 79.9. The number of rotatable bonds is 1. The number of carbonyl (C=O) groups is 1. The molecule has 104 valence electrons. The molecule has 4 nitrogen and oxygen atoms in total. The maximum atomic E-state index is 12.2. The second-order valence-corrected chi connectivity index (χ2v) is 6.47. The number of hydrogen-bond acceptors (Lipinski definition) is 3. The van der Waals surface area contributed by atoms with Gasteiger partial charge in [0.05, 0.1) is 6.04 Å². The number of pyridine rings is 1. The monoisotopic (exact) mass is 326 g/mol. The molecule has 1 aliphatic rings. The van der Waals surface area contributed by atoms with Gasteiger partial charge in [0.2, 0.25) is 0 Å². The molecule has 0 N–H and O–H groups in total. The van der Waals surface area contributed by atoms with Gasteiger partial charge in [-0.25, -0.2) is 9.78 Å². The molecule has 0 spiro atoms. The van der Waals surface area contributed by atoms with Gasteiger partial charge in [-0.2, -0.15) is 0 Å². The zero-order valence-electron chi connectivity index (χ0n) is 11.5. The lowest BCUT2D eigenvalue weighted by atomic mass is 10.1. The van der Waals surface area contributed by atoms with Gasteiger partial charge in [-0.05, 0) is 55.6 Å². The van der Waals surface area contributed by atoms with Crippen LogP contribution in [0.4, 0.5) is 4.79 Å². The molecule has 0 radical (unpaired) electrons. The Hall–Kier alpha value is -1.10. The number of amides is 1. The SMILES string of the molecule is CC(C)(C)OC(=O)N1CCC[C@H]1c1cccnc1Br. The van der Waals surface area contributed by atoms with Gasteiger partial charge >= 0.3 is 6.09 Å². The van der Waals surface area contributed by atoms with E-state index in [-0.39, 0.29) is 12.1 Å². The van der Waals surface area contributed by atoms with E-state index in [1.807, 2.05) is 32.9 Å². The molecular weight excluding hydrogens is 308 g/mol. The number of ether oxygens (including phenoxy) is 1. The highest BCUT2D eigenvalue weighted by molar-refractivity contribution is 9.10. The molecule has 1 saturated heterocycles. The smallest absolute Gasteiger partial charge is 0.410 e. The summed E-state index contributed by atoms with van der Waals surface area (Å²) in [6.07, 6.45) is 3.43. The van der Waals surface area contributed by atoms with Crippen LogP contribution in [0.5, 0.6) is 0 Å². The lowest BCUT2D eigenvalue weighted by Gasteiger charge is -2.29. The van der Waals surface area contributed by atoms with Crippen LogP contribution >= 0.6 is 15.9 Å². The van der Waals surface area contributed by atoms with Gasteiger partial charge in [-0.1, -0.05) is 6.07 Å². The van der Waals surface area contributed by atoms with Crippen molar-refractivity contribution in [3.63, 3.8) is 0 Å². The quantitative estimate of drug-likeness (QED) is 0.734. The molecule has 0 aliphatic carbocycles. The molecule has 0 bridgehead atoms. The summed E-state index contributed by atoms with van der Waals surface area (Å²) in [5, 5.41) is 0. The van der Waals surface area contributed by atoms with Crippen molar-refractivity contribution in [3.8, 4) is 0 Å². The van der Waals surface area contributed by atoms with Crippen molar-refractivity contribution in [1.82, 2.24) is 9.88 Å². The third kappa shape index (κ3) is 3.47. The van der Waals surface area contributed by atoms with E-state index in [9.17, 15) is 4.79 Å². The van der Waals surface area contributed by atoms with E-state index < -0.39 is 5.60 Å². The maximum Gasteiger partial charge on any atom is 0.410 e. The van der Waals surface area contributed by atoms with E-state index in [1.165, 1.54) is 0 Å². The van der Waals surface area contributed by atoms with E-state index in [1.54, 1.807) is 11.1 Å². The fourth-order valence-corrected chi connectivity index (χ4v) is 2.79. The molecule has 1 atom stereocenters. The molecular formula is C14H19BrN2O2. The molecule has 2 rings (SSSR count). The highest BCUT2D eigenvalue weighted by Crippen LogP contribution is 2.35. The van der Waals surface area contributed by atoms with Crippen LogP contribution in [0.3, 0.4) is 0 Å². The molecule has 2 heterocycles. The van der Waals surface area contributed by atoms with Crippen molar-refractivity contribution in [2.24, 2.45) is 0 Å². The van der Waals surface area contributed by atoms with E-state index >= 15 is 0 Å². The molecule has 19 heavy (non-hydrogen) atoms. The summed E-state index contributed by atoms with van der Waals surface area (Å²) in [5.41, 5.74) is 0.585. The van der Waals surface area contributed by atoms with E-state index in [2.05, 4.69) is 20.9 Å². The zero-order chi connectivity index (χ0) is 14.0. The first-order chi connectivity index (χ1) is 8.88. The first kappa shape index (κ1) is 14.3. The Morgan fingerprint density at radius 3 is 2.89 bits per heavy atom. The minimum atomic E-state index is -0.462. The van der Waals surface area contributed by atoms with E-state index in [0.717, 1.165) is 29.6 Å². The van der Waals surface area contributed by atoms with Crippen LogP contribution in [-0.4, -0.2) is 28.1 Å². The van der Waals surface area contributed by atoms with Gasteiger partial charge in [0, 0.05) is 18.3 Å². The third-order valence-corrected chi connectivity index (χ3v) is 3.69. The molecule has 1 aliphatic heterocycles. The summed E-state index contributed by atoms with van der Waals surface area (Å²) in [6, 6.07) is 3.95. The zero-order valence-corrected chi connectivity index (χ0v) is 13.1. The predicted molar refractivity (Wildman–Crippen MR) is 76.9 cm³/mol. The summed E-state index contributed by atoms with van der Waals surface area (Å²) < 4.78 is 6.27. The Labute approximate surface area is 122 Å². The standard InChI is InChI=1S/C14H19BrN2O2/c1-14(2,3)19-13(18)17-9-5-7-11(17)10-6-4-8-16-12(10)15/h4,6,8,11H,5,7,9H2,1-3H3/t11-/m0/s1. The number of hydrogen-bond donors (Lipinski definition) is 0. The van der Waals surface area contributed by atoms with E-state index in [0.29, 0.717) is 0 Å². The predicted octanol–water partition coefficient (Wildman–Crippen LogP) is 3.92. The summed E-state index contributed by atoms with van der Waals surface area (Å²) in [5.74, 6) is 0. The van der Waals surface area contributed by atoms with Crippen LogP contribution in [0.25, 0.3) is 0 Å². The average Bonchev–Trinajstić information content (AvgIpc) is 2.76. The van der Waals surface area contributed by atoms with Crippen molar-refractivity contribution >= 4 is 22.0 Å². The van der Waals surface area contributed by atoms with Crippen LogP contribution in [-0.2, 0) is 4.74 Å². The number of aromatic nitrogens is 1. The second kappa shape index (κ2) is 5.49. The van der Waals surface area contributed by atoms with Crippen LogP contribution in [0.15, 0.2) is 22.9 Å². The Bertz CT molecular complexity index is 471. The Balaban J connectivity index is 2.18. The Morgan fingerprint density at radius 2 is 2.26 bits per heavy atom. The largest absolute Gasteiger partial charge is 0.444 e. The topological polar surface area (TPSA) is 42.4 Å². The van der Waals surface area contributed by atoms with Crippen molar-refractivity contribution in [2.45, 2.75) is 45.3 Å². The molecule has 1 aromatic rings. The normalized spacial score (nSPS) is 19.6. The number of halogens is 1. The van der Waals surface area contributed by atoms with Crippen LogP contribution in [0, 0.1) is 0 Å². The highest BCUT2D eigenvalue weighted by Gasteiger charge is 2.34. The number of likely N-dealkylation sites (tertiary alicyclic amines) is 1. The lowest BCUT2D eigenvalue weighted by molar-refractivity contribution is 0.0224. The number of nitrogens with zero attached hydrogens (tertiary/aromatic N) is 2. The minimum absolute atomic E-state index is 0.0536. The van der Waals surface area contributed by atoms with E-state index in [4.69, 9.17) is 4.74 Å². The molecule has 1 amide bonds. The average molecular weight is 327 g/mol. The van der Waals surface area contributed by atoms with Crippen molar-refractivity contribution in [3.05, 3.63) is 28.5 Å². The van der Waals surface area contributed by atoms with Crippen LogP contribution in [0.2, 0.25) is 0 Å². The van der Waals surface area contributed by atoms with Gasteiger partial charge in [0.15, 0.2) is 0 Å². The van der Waals surface area contributed by atoms with Crippen molar-refractivity contribution < 1.29 is 9.53 Å². The lowest BCUT2D eigenvalue weighted by Crippen LogP contribution is -2.36. The first-order valence-electron chi connectivity index (χ1n) is 6.48. The van der Waals surface area contributed by atoms with Crippen LogP contribution < -0.4 is 0 Å². The summed E-state index contributed by atoms with van der Waals surface area (Å²) in [7, 11) is 0. The number of carbonyl (C=O) groups excluding carboxylic acids is 1. The minimum Gasteiger partial charge on any atom is -0.444 e. The first-order valence-corrected chi connectivity index (χ1v) is 7.28. The molecule has 5 heteroatoms. The summed E-state index contributed by atoms with van der Waals surface area (Å²) in [6.45, 7) is 6.39. The molecule has 1 aromatic heterocycles. The van der Waals surface area contributed by atoms with Gasteiger partial charge in [0.25, 0.3) is 0 Å². The van der Waals surface area contributed by atoms with Gasteiger partial charge < -0.3 is 9.64 Å². The Morgan fingerprint density at radius 1 is 1.53 bits per heavy atom. The second-order valence-electron chi connectivity index (χ2n) is 5.72.